The van der Waals surface area contributed by atoms with Crippen molar-refractivity contribution in [3.8, 4) is 5.75 Å². The molecule has 0 aliphatic rings. The fourth-order valence-corrected chi connectivity index (χ4v) is 3.41. The first-order valence-corrected chi connectivity index (χ1v) is 10.2. The molecule has 32 heavy (non-hydrogen) atoms. The number of ether oxygens (including phenoxy) is 1. The predicted molar refractivity (Wildman–Crippen MR) is 121 cm³/mol. The van der Waals surface area contributed by atoms with E-state index < -0.39 is 17.5 Å². The Morgan fingerprint density at radius 2 is 1.66 bits per heavy atom. The van der Waals surface area contributed by atoms with Gasteiger partial charge in [-0.15, -0.1) is 0 Å². The molecule has 0 aliphatic carbocycles. The largest absolute Gasteiger partial charge is 0.423 e. The van der Waals surface area contributed by atoms with Gasteiger partial charge in [0, 0.05) is 11.5 Å². The SMILES string of the molecule is CC(NC(=O)c1cc2ccc(OC(=O)c3ccccc3Cl)cc2oc1=O)c1ccccc1. The zero-order valence-corrected chi connectivity index (χ0v) is 17.8. The van der Waals surface area contributed by atoms with E-state index in [0.29, 0.717) is 5.39 Å². The van der Waals surface area contributed by atoms with E-state index in [1.54, 1.807) is 36.4 Å². The van der Waals surface area contributed by atoms with Gasteiger partial charge in [0.15, 0.2) is 0 Å². The fraction of sp³-hybridized carbons (Fsp3) is 0.0800. The van der Waals surface area contributed by atoms with Crippen molar-refractivity contribution in [2.75, 3.05) is 0 Å². The Kier molecular flexibility index (Phi) is 6.05. The number of rotatable bonds is 5. The number of carbonyl (C=O) groups excluding carboxylic acids is 2. The van der Waals surface area contributed by atoms with Crippen LogP contribution in [0.4, 0.5) is 0 Å². The van der Waals surface area contributed by atoms with E-state index in [1.165, 1.54) is 12.1 Å². The third-order valence-corrected chi connectivity index (χ3v) is 5.23. The van der Waals surface area contributed by atoms with Crippen LogP contribution in [0.3, 0.4) is 0 Å². The van der Waals surface area contributed by atoms with Gasteiger partial charge in [0.25, 0.3) is 5.91 Å². The minimum atomic E-state index is -0.787. The fourth-order valence-electron chi connectivity index (χ4n) is 3.20. The molecule has 0 fully saturated rings. The lowest BCUT2D eigenvalue weighted by molar-refractivity contribution is 0.0735. The highest BCUT2D eigenvalue weighted by molar-refractivity contribution is 6.33. The van der Waals surface area contributed by atoms with Crippen LogP contribution in [0.15, 0.2) is 88.1 Å². The van der Waals surface area contributed by atoms with E-state index in [4.69, 9.17) is 20.8 Å². The number of nitrogens with one attached hydrogen (secondary N) is 1. The number of hydrogen-bond donors (Lipinski definition) is 1. The van der Waals surface area contributed by atoms with E-state index >= 15 is 0 Å². The van der Waals surface area contributed by atoms with Crippen LogP contribution < -0.4 is 15.7 Å². The average Bonchev–Trinajstić information content (AvgIpc) is 2.79. The summed E-state index contributed by atoms with van der Waals surface area (Å²) in [4.78, 5) is 37.4. The molecule has 6 nitrogen and oxygen atoms in total. The maximum absolute atomic E-state index is 12.6. The lowest BCUT2D eigenvalue weighted by Crippen LogP contribution is -2.30. The first-order valence-electron chi connectivity index (χ1n) is 9.83. The lowest BCUT2D eigenvalue weighted by Gasteiger charge is -2.14. The Morgan fingerprint density at radius 3 is 2.41 bits per heavy atom. The highest BCUT2D eigenvalue weighted by Gasteiger charge is 2.18. The number of esters is 1. The second kappa shape index (κ2) is 9.08. The van der Waals surface area contributed by atoms with E-state index in [1.807, 2.05) is 37.3 Å². The van der Waals surface area contributed by atoms with E-state index in [9.17, 15) is 14.4 Å². The summed E-state index contributed by atoms with van der Waals surface area (Å²) < 4.78 is 10.7. The molecule has 4 rings (SSSR count). The second-order valence-electron chi connectivity index (χ2n) is 7.12. The van der Waals surface area contributed by atoms with Crippen LogP contribution in [-0.2, 0) is 0 Å². The highest BCUT2D eigenvalue weighted by Crippen LogP contribution is 2.23. The van der Waals surface area contributed by atoms with E-state index in [2.05, 4.69) is 5.32 Å². The lowest BCUT2D eigenvalue weighted by atomic mass is 10.1. The van der Waals surface area contributed by atoms with Crippen LogP contribution in [0, 0.1) is 0 Å². The number of fused-ring (bicyclic) bond motifs is 1. The molecule has 160 valence electrons. The summed E-state index contributed by atoms with van der Waals surface area (Å²) in [7, 11) is 0. The molecule has 0 bridgehead atoms. The molecule has 0 aliphatic heterocycles. The Bertz CT molecular complexity index is 1360. The summed E-state index contributed by atoms with van der Waals surface area (Å²) in [5.41, 5.74) is 0.421. The zero-order valence-electron chi connectivity index (χ0n) is 17.0. The topological polar surface area (TPSA) is 85.6 Å². The molecule has 0 radical (unpaired) electrons. The number of halogens is 1. The normalized spacial score (nSPS) is 11.7. The van der Waals surface area contributed by atoms with Crippen molar-refractivity contribution in [1.29, 1.82) is 0 Å². The summed E-state index contributed by atoms with van der Waals surface area (Å²) in [6, 6.07) is 21.7. The Balaban J connectivity index is 1.55. The molecule has 1 amide bonds. The highest BCUT2D eigenvalue weighted by atomic mass is 35.5. The van der Waals surface area contributed by atoms with Gasteiger partial charge in [0.1, 0.15) is 16.9 Å². The van der Waals surface area contributed by atoms with Gasteiger partial charge in [0.2, 0.25) is 0 Å². The first-order chi connectivity index (χ1) is 15.4. The van der Waals surface area contributed by atoms with Gasteiger partial charge < -0.3 is 14.5 Å². The summed E-state index contributed by atoms with van der Waals surface area (Å²) in [5, 5.41) is 3.58. The summed E-state index contributed by atoms with van der Waals surface area (Å²) >= 11 is 6.02. The zero-order chi connectivity index (χ0) is 22.7. The van der Waals surface area contributed by atoms with Gasteiger partial charge in [-0.1, -0.05) is 54.1 Å². The molecule has 1 atom stereocenters. The molecule has 1 N–H and O–H groups in total. The van der Waals surface area contributed by atoms with Crippen LogP contribution >= 0.6 is 11.6 Å². The van der Waals surface area contributed by atoms with Crippen molar-refractivity contribution in [1.82, 2.24) is 5.32 Å². The van der Waals surface area contributed by atoms with E-state index in [-0.39, 0.29) is 33.5 Å². The quantitative estimate of drug-likeness (QED) is 0.259. The molecule has 1 unspecified atom stereocenters. The van der Waals surface area contributed by atoms with Crippen molar-refractivity contribution < 1.29 is 18.7 Å². The molecular formula is C25H18ClNO5. The molecule has 3 aromatic carbocycles. The number of benzene rings is 3. The van der Waals surface area contributed by atoms with Crippen LogP contribution in [0.25, 0.3) is 11.0 Å². The number of carbonyl (C=O) groups is 2. The molecule has 0 saturated heterocycles. The van der Waals surface area contributed by atoms with E-state index in [0.717, 1.165) is 5.56 Å². The first kappa shape index (κ1) is 21.3. The van der Waals surface area contributed by atoms with Crippen molar-refractivity contribution >= 4 is 34.4 Å². The van der Waals surface area contributed by atoms with Gasteiger partial charge in [-0.3, -0.25) is 4.79 Å². The van der Waals surface area contributed by atoms with Gasteiger partial charge in [-0.05, 0) is 42.8 Å². The molecule has 0 spiro atoms. The Morgan fingerprint density at radius 1 is 0.938 bits per heavy atom. The standard InChI is InChI=1S/C25H18ClNO5/c1-15(16-7-3-2-4-8-16)27-23(28)20-13-17-11-12-18(14-22(17)32-25(20)30)31-24(29)19-9-5-6-10-21(19)26/h2-15H,1H3,(H,27,28). The van der Waals surface area contributed by atoms with Crippen LogP contribution in [0.2, 0.25) is 5.02 Å². The molecule has 0 saturated carbocycles. The Hall–Kier alpha value is -3.90. The maximum atomic E-state index is 12.6. The van der Waals surface area contributed by atoms with Gasteiger partial charge in [0.05, 0.1) is 16.6 Å². The summed E-state index contributed by atoms with van der Waals surface area (Å²) in [6.45, 7) is 1.83. The summed E-state index contributed by atoms with van der Waals surface area (Å²) in [5.74, 6) is -0.991. The van der Waals surface area contributed by atoms with Crippen molar-refractivity contribution in [3.63, 3.8) is 0 Å². The monoisotopic (exact) mass is 447 g/mol. The van der Waals surface area contributed by atoms with Gasteiger partial charge in [-0.2, -0.15) is 0 Å². The summed E-state index contributed by atoms with van der Waals surface area (Å²) in [6.07, 6.45) is 0. The minimum Gasteiger partial charge on any atom is -0.423 e. The van der Waals surface area contributed by atoms with Crippen molar-refractivity contribution in [3.05, 3.63) is 111 Å². The van der Waals surface area contributed by atoms with Crippen LogP contribution in [0.5, 0.6) is 5.75 Å². The second-order valence-corrected chi connectivity index (χ2v) is 7.53. The van der Waals surface area contributed by atoms with Crippen molar-refractivity contribution in [2.45, 2.75) is 13.0 Å². The molecule has 7 heteroatoms. The Labute approximate surface area is 188 Å². The minimum absolute atomic E-state index is 0.110. The molecule has 1 heterocycles. The van der Waals surface area contributed by atoms with Crippen LogP contribution in [0.1, 0.15) is 39.2 Å². The third-order valence-electron chi connectivity index (χ3n) is 4.90. The maximum Gasteiger partial charge on any atom is 0.349 e. The number of amides is 1. The van der Waals surface area contributed by atoms with Crippen molar-refractivity contribution in [2.24, 2.45) is 0 Å². The van der Waals surface area contributed by atoms with Gasteiger partial charge >= 0.3 is 11.6 Å². The smallest absolute Gasteiger partial charge is 0.349 e. The third kappa shape index (κ3) is 4.55. The average molecular weight is 448 g/mol. The molecule has 4 aromatic rings. The molecular weight excluding hydrogens is 430 g/mol. The molecule has 1 aromatic heterocycles. The predicted octanol–water partition coefficient (Wildman–Crippen LogP) is 5.16. The van der Waals surface area contributed by atoms with Gasteiger partial charge in [-0.25, -0.2) is 9.59 Å². The van der Waals surface area contributed by atoms with Crippen LogP contribution in [-0.4, -0.2) is 11.9 Å². The number of hydrogen-bond acceptors (Lipinski definition) is 5.